The lowest BCUT2D eigenvalue weighted by molar-refractivity contribution is -0.133. The fourth-order valence-electron chi connectivity index (χ4n) is 3.10. The maximum Gasteiger partial charge on any atom is 0.312 e. The summed E-state index contributed by atoms with van der Waals surface area (Å²) in [6.07, 6.45) is 2.43. The Labute approximate surface area is 211 Å². The van der Waals surface area contributed by atoms with Crippen molar-refractivity contribution in [2.45, 2.75) is 92.2 Å². The van der Waals surface area contributed by atoms with Crippen molar-refractivity contribution in [3.05, 3.63) is 12.0 Å². The molecule has 0 aliphatic heterocycles. The molecule has 0 aromatic carbocycles. The van der Waals surface area contributed by atoms with Gasteiger partial charge in [0.2, 0.25) is 11.8 Å². The Bertz CT molecular complexity index is 781. The third-order valence-electron chi connectivity index (χ3n) is 5.05. The molecule has 0 saturated carbocycles. The highest BCUT2D eigenvalue weighted by molar-refractivity contribution is 7.94. The number of amides is 4. The number of primary amides is 1. The number of nitrogens with two attached hydrogens (primary N) is 1. The van der Waals surface area contributed by atoms with Gasteiger partial charge in [0, 0.05) is 24.3 Å². The highest BCUT2D eigenvalue weighted by atomic mass is 32.2. The van der Waals surface area contributed by atoms with Gasteiger partial charge in [-0.1, -0.05) is 54.5 Å². The topological polar surface area (TPSA) is 165 Å². The van der Waals surface area contributed by atoms with Crippen LogP contribution >= 0.6 is 0 Å². The molecule has 0 aliphatic carbocycles. The summed E-state index contributed by atoms with van der Waals surface area (Å²) in [6, 6.07) is -2.21. The molecule has 4 amide bonds. The first-order valence-electron chi connectivity index (χ1n) is 12.3. The highest BCUT2D eigenvalue weighted by Gasteiger charge is 2.29. The van der Waals surface area contributed by atoms with E-state index < -0.39 is 33.9 Å². The average molecular weight is 519 g/mol. The molecule has 2 atom stereocenters. The van der Waals surface area contributed by atoms with Crippen molar-refractivity contribution < 1.29 is 27.6 Å². The standard InChI is InChI=1S/C22H40N4O6S.C2H6/c1-6-33(31,32)14-9-7-8-12-18(27)26-19(15(2)3)21(29)25-17(20(28)16(4)5)11-10-13-24-22(23)30;1-2/h6,15-17,19H,1,7-14H2,2-5H3,(H,25,29)(H,26,27)(H3,23,24,30);1-2H3. The molecular formula is C24H46N4O6S. The molecule has 204 valence electrons. The molecule has 0 aromatic rings. The van der Waals surface area contributed by atoms with Crippen LogP contribution in [0.15, 0.2) is 12.0 Å². The molecule has 11 heteroatoms. The van der Waals surface area contributed by atoms with E-state index in [-0.39, 0.29) is 42.2 Å². The van der Waals surface area contributed by atoms with Crippen LogP contribution in [0.2, 0.25) is 0 Å². The number of hydrogen-bond donors (Lipinski definition) is 4. The summed E-state index contributed by atoms with van der Waals surface area (Å²) >= 11 is 0. The molecule has 0 aliphatic rings. The number of ketones is 1. The molecule has 5 N–H and O–H groups in total. The lowest BCUT2D eigenvalue weighted by atomic mass is 9.96. The van der Waals surface area contributed by atoms with Crippen LogP contribution in [-0.4, -0.2) is 56.4 Å². The van der Waals surface area contributed by atoms with Gasteiger partial charge in [-0.3, -0.25) is 14.4 Å². The Kier molecular flexibility index (Phi) is 18.7. The van der Waals surface area contributed by atoms with Crippen molar-refractivity contribution in [2.75, 3.05) is 12.3 Å². The zero-order chi connectivity index (χ0) is 27.6. The number of hydrogen-bond acceptors (Lipinski definition) is 6. The molecule has 0 spiro atoms. The highest BCUT2D eigenvalue weighted by Crippen LogP contribution is 2.10. The summed E-state index contributed by atoms with van der Waals surface area (Å²) in [5, 5.41) is 8.85. The normalized spacial score (nSPS) is 12.7. The Balaban J connectivity index is 0. The predicted molar refractivity (Wildman–Crippen MR) is 139 cm³/mol. The van der Waals surface area contributed by atoms with E-state index in [1.165, 1.54) is 0 Å². The number of unbranched alkanes of at least 4 members (excludes halogenated alkanes) is 2. The third-order valence-corrected chi connectivity index (χ3v) is 6.42. The minimum atomic E-state index is -3.24. The number of carbonyl (C=O) groups is 4. The quantitative estimate of drug-likeness (QED) is 0.216. The van der Waals surface area contributed by atoms with Crippen LogP contribution in [0.4, 0.5) is 4.79 Å². The lowest BCUT2D eigenvalue weighted by Gasteiger charge is -2.26. The van der Waals surface area contributed by atoms with Crippen molar-refractivity contribution in [1.82, 2.24) is 16.0 Å². The Morgan fingerprint density at radius 1 is 0.943 bits per heavy atom. The van der Waals surface area contributed by atoms with E-state index in [0.29, 0.717) is 32.1 Å². The minimum Gasteiger partial charge on any atom is -0.352 e. The molecule has 0 radical (unpaired) electrons. The summed E-state index contributed by atoms with van der Waals surface area (Å²) in [7, 11) is -3.24. The van der Waals surface area contributed by atoms with Crippen molar-refractivity contribution >= 4 is 33.5 Å². The van der Waals surface area contributed by atoms with Gasteiger partial charge in [-0.25, -0.2) is 13.2 Å². The van der Waals surface area contributed by atoms with E-state index in [4.69, 9.17) is 5.73 Å². The molecule has 35 heavy (non-hydrogen) atoms. The second-order valence-corrected chi connectivity index (χ2v) is 10.8. The van der Waals surface area contributed by atoms with Gasteiger partial charge in [-0.15, -0.1) is 0 Å². The zero-order valence-electron chi connectivity index (χ0n) is 22.2. The van der Waals surface area contributed by atoms with Crippen LogP contribution in [0.5, 0.6) is 0 Å². The summed E-state index contributed by atoms with van der Waals surface area (Å²) < 4.78 is 22.8. The summed E-state index contributed by atoms with van der Waals surface area (Å²) in [6.45, 7) is 14.6. The van der Waals surface area contributed by atoms with Crippen LogP contribution in [0.25, 0.3) is 0 Å². The van der Waals surface area contributed by atoms with Crippen molar-refractivity contribution in [1.29, 1.82) is 0 Å². The maximum atomic E-state index is 12.9. The average Bonchev–Trinajstić information content (AvgIpc) is 2.79. The largest absolute Gasteiger partial charge is 0.352 e. The molecule has 0 aromatic heterocycles. The van der Waals surface area contributed by atoms with Crippen LogP contribution in [-0.2, 0) is 24.2 Å². The molecule has 2 unspecified atom stereocenters. The van der Waals surface area contributed by atoms with Gasteiger partial charge < -0.3 is 21.7 Å². The van der Waals surface area contributed by atoms with E-state index in [1.54, 1.807) is 27.7 Å². The monoisotopic (exact) mass is 518 g/mol. The van der Waals surface area contributed by atoms with Gasteiger partial charge in [-0.2, -0.15) is 0 Å². The van der Waals surface area contributed by atoms with Crippen LogP contribution in [0.1, 0.15) is 80.1 Å². The van der Waals surface area contributed by atoms with Crippen LogP contribution in [0.3, 0.4) is 0 Å². The van der Waals surface area contributed by atoms with Crippen LogP contribution < -0.4 is 21.7 Å². The number of Topliss-reactive ketones (excluding diaryl/α,β-unsaturated/α-hetero) is 1. The van der Waals surface area contributed by atoms with E-state index in [9.17, 15) is 27.6 Å². The van der Waals surface area contributed by atoms with Gasteiger partial charge in [-0.05, 0) is 31.6 Å². The fraction of sp³-hybridized carbons (Fsp3) is 0.750. The van der Waals surface area contributed by atoms with E-state index >= 15 is 0 Å². The van der Waals surface area contributed by atoms with Gasteiger partial charge in [0.15, 0.2) is 15.6 Å². The fourth-order valence-corrected chi connectivity index (χ4v) is 3.87. The van der Waals surface area contributed by atoms with E-state index in [2.05, 4.69) is 22.5 Å². The van der Waals surface area contributed by atoms with Gasteiger partial charge in [0.25, 0.3) is 0 Å². The molecule has 10 nitrogen and oxygen atoms in total. The van der Waals surface area contributed by atoms with E-state index in [0.717, 1.165) is 5.41 Å². The SMILES string of the molecule is C=CS(=O)(=O)CCCCCC(=O)NC(C(=O)NC(CCCNC(N)=O)C(=O)C(C)C)C(C)C.CC. The van der Waals surface area contributed by atoms with E-state index in [1.807, 2.05) is 13.8 Å². The molecule has 0 bridgehead atoms. The summed E-state index contributed by atoms with van der Waals surface area (Å²) in [5.74, 6) is -1.40. The number of urea groups is 1. The van der Waals surface area contributed by atoms with Gasteiger partial charge in [0.1, 0.15) is 6.04 Å². The molecule has 0 fully saturated rings. The Morgan fingerprint density at radius 3 is 2.03 bits per heavy atom. The number of nitrogens with one attached hydrogen (secondary N) is 3. The maximum absolute atomic E-state index is 12.9. The van der Waals surface area contributed by atoms with Gasteiger partial charge >= 0.3 is 6.03 Å². The summed E-state index contributed by atoms with van der Waals surface area (Å²) in [4.78, 5) is 48.6. The van der Waals surface area contributed by atoms with Crippen molar-refractivity contribution in [3.8, 4) is 0 Å². The smallest absolute Gasteiger partial charge is 0.312 e. The number of carbonyl (C=O) groups excluding carboxylic acids is 4. The number of sulfone groups is 1. The summed E-state index contributed by atoms with van der Waals surface area (Å²) in [5.41, 5.74) is 5.04. The first-order valence-corrected chi connectivity index (χ1v) is 14.0. The zero-order valence-corrected chi connectivity index (χ0v) is 23.0. The number of rotatable bonds is 17. The second-order valence-electron chi connectivity index (χ2n) is 8.69. The first kappa shape index (κ1) is 34.7. The third kappa shape index (κ3) is 16.8. The van der Waals surface area contributed by atoms with Crippen LogP contribution in [0, 0.1) is 11.8 Å². The molecule has 0 saturated heterocycles. The molecular weight excluding hydrogens is 472 g/mol. The Hall–Kier alpha value is -2.43. The van der Waals surface area contributed by atoms with Crippen molar-refractivity contribution in [2.24, 2.45) is 17.6 Å². The molecule has 0 rings (SSSR count). The second kappa shape index (κ2) is 18.8. The first-order chi connectivity index (χ1) is 16.3. The predicted octanol–water partition coefficient (Wildman–Crippen LogP) is 2.43. The van der Waals surface area contributed by atoms with Crippen molar-refractivity contribution in [3.63, 3.8) is 0 Å². The Morgan fingerprint density at radius 2 is 1.54 bits per heavy atom. The molecule has 0 heterocycles. The lowest BCUT2D eigenvalue weighted by Crippen LogP contribution is -2.54. The minimum absolute atomic E-state index is 0.00459. The van der Waals surface area contributed by atoms with Gasteiger partial charge in [0.05, 0.1) is 11.8 Å².